The number of hydrogen-bond acceptors (Lipinski definition) is 2. The van der Waals surface area contributed by atoms with Crippen LogP contribution >= 0.6 is 0 Å². The maximum atomic E-state index is 11.7. The van der Waals surface area contributed by atoms with E-state index in [2.05, 4.69) is 5.10 Å². The molecule has 6 heteroatoms. The fourth-order valence-electron chi connectivity index (χ4n) is 0.589. The van der Waals surface area contributed by atoms with Crippen molar-refractivity contribution in [2.75, 3.05) is 6.67 Å². The lowest BCUT2D eigenvalue weighted by Gasteiger charge is -2.16. The minimum absolute atomic E-state index is 0.253. The molecule has 62 valence electrons. The molecule has 1 rings (SSSR count). The number of nitrogens with zero attached hydrogens (tertiary/aromatic N) is 2. The first-order valence-corrected chi connectivity index (χ1v) is 2.77. The van der Waals surface area contributed by atoms with Crippen molar-refractivity contribution in [3.63, 3.8) is 0 Å². The smallest absolute Gasteiger partial charge is 0.250 e. The van der Waals surface area contributed by atoms with Crippen molar-refractivity contribution in [3.05, 3.63) is 6.54 Å². The quantitative estimate of drug-likeness (QED) is 0.427. The molecule has 1 aliphatic rings. The van der Waals surface area contributed by atoms with Crippen LogP contribution in [-0.2, 0) is 0 Å². The molecule has 1 heterocycles. The van der Waals surface area contributed by atoms with Crippen molar-refractivity contribution in [1.82, 2.24) is 5.01 Å². The summed E-state index contributed by atoms with van der Waals surface area (Å²) < 4.78 is 46.8. The van der Waals surface area contributed by atoms with Gasteiger partial charge in [0, 0.05) is 0 Å². The maximum absolute atomic E-state index is 11.7. The van der Waals surface area contributed by atoms with Crippen LogP contribution in [0.15, 0.2) is 5.10 Å². The molecule has 0 aromatic rings. The van der Waals surface area contributed by atoms with E-state index >= 15 is 0 Å². The molecule has 2 radical (unpaired) electrons. The minimum Gasteiger partial charge on any atom is -0.250 e. The Morgan fingerprint density at radius 2 is 2.18 bits per heavy atom. The third-order valence-electron chi connectivity index (χ3n) is 1.08. The van der Waals surface area contributed by atoms with E-state index in [9.17, 15) is 17.6 Å². The van der Waals surface area contributed by atoms with Crippen LogP contribution in [0, 0.1) is 12.5 Å². The molecule has 11 heavy (non-hydrogen) atoms. The van der Waals surface area contributed by atoms with Crippen LogP contribution in [0.5, 0.6) is 0 Å². The molecule has 0 fully saturated rings. The molecule has 1 aliphatic heterocycles. The lowest BCUT2D eigenvalue weighted by molar-refractivity contribution is -0.233. The molecule has 0 aromatic heterocycles. The first kappa shape index (κ1) is 8.29. The van der Waals surface area contributed by atoms with Gasteiger partial charge in [0.2, 0.25) is 0 Å². The Morgan fingerprint density at radius 3 is 2.45 bits per heavy atom. The molecule has 0 amide bonds. The zero-order chi connectivity index (χ0) is 8.48. The molecule has 1 unspecified atom stereocenters. The highest BCUT2D eigenvalue weighted by atomic mass is 19.4. The summed E-state index contributed by atoms with van der Waals surface area (Å²) in [6, 6.07) is 0. The molecule has 2 nitrogen and oxygen atoms in total. The van der Waals surface area contributed by atoms with E-state index < -0.39 is 18.9 Å². The topological polar surface area (TPSA) is 15.6 Å². The lowest BCUT2D eigenvalue weighted by atomic mass is 10.2. The van der Waals surface area contributed by atoms with Gasteiger partial charge in [-0.2, -0.15) is 10.1 Å². The lowest BCUT2D eigenvalue weighted by Crippen LogP contribution is -2.29. The largest absolute Gasteiger partial charge is 0.500 e. The summed E-state index contributed by atoms with van der Waals surface area (Å²) in [7, 11) is 0. The van der Waals surface area contributed by atoms with Crippen LogP contribution < -0.4 is 0 Å². The van der Waals surface area contributed by atoms with E-state index in [0.717, 1.165) is 0 Å². The molecular weight excluding hydrogens is 164 g/mol. The maximum Gasteiger partial charge on any atom is 0.500 e. The Labute approximate surface area is 60.5 Å². The van der Waals surface area contributed by atoms with Crippen LogP contribution in [-0.4, -0.2) is 24.2 Å². The van der Waals surface area contributed by atoms with Crippen LogP contribution in [0.3, 0.4) is 0 Å². The van der Waals surface area contributed by atoms with Crippen molar-refractivity contribution in [2.45, 2.75) is 6.30 Å². The summed E-state index contributed by atoms with van der Waals surface area (Å²) in [6.45, 7) is -0.268. The highest BCUT2D eigenvalue weighted by molar-refractivity contribution is 5.64. The zero-order valence-electron chi connectivity index (χ0n) is 5.27. The van der Waals surface area contributed by atoms with Gasteiger partial charge in [-0.1, -0.05) is 0 Å². The van der Waals surface area contributed by atoms with Gasteiger partial charge in [-0.25, -0.2) is 0 Å². The van der Waals surface area contributed by atoms with Gasteiger partial charge >= 0.3 is 6.30 Å². The third kappa shape index (κ3) is 1.81. The second-order valence-electron chi connectivity index (χ2n) is 1.95. The van der Waals surface area contributed by atoms with E-state index in [-0.39, 0.29) is 5.01 Å². The molecule has 0 N–H and O–H groups in total. The van der Waals surface area contributed by atoms with Gasteiger partial charge in [0.1, 0.15) is 6.67 Å². The number of alkyl halides is 4. The fraction of sp³-hybridized carbons (Fsp3) is 0.600. The van der Waals surface area contributed by atoms with E-state index in [1.54, 1.807) is 0 Å². The predicted molar refractivity (Wildman–Crippen MR) is 29.1 cm³/mol. The average molecular weight is 168 g/mol. The number of halogens is 4. The van der Waals surface area contributed by atoms with E-state index in [1.165, 1.54) is 0 Å². The Bertz CT molecular complexity index is 164. The summed E-state index contributed by atoms with van der Waals surface area (Å²) in [5.41, 5.74) is 0. The summed E-state index contributed by atoms with van der Waals surface area (Å²) in [6.07, 6.45) is -2.60. The standard InChI is InChI=1S/C5H4F4N2/c6-1-4-2-10-11(3-4)5(7,8)9/h3-4H,1H2. The Morgan fingerprint density at radius 1 is 1.55 bits per heavy atom. The summed E-state index contributed by atoms with van der Waals surface area (Å²) in [4.78, 5) is 0. The van der Waals surface area contributed by atoms with Crippen molar-refractivity contribution >= 4 is 6.21 Å². The molecule has 0 spiro atoms. The van der Waals surface area contributed by atoms with E-state index in [4.69, 9.17) is 0 Å². The SMILES string of the molecule is FCC1[C]=NN(C(F)(F)F)[CH]1. The molecular formula is C5H4F4N2. The highest BCUT2D eigenvalue weighted by Crippen LogP contribution is 2.27. The Hall–Kier alpha value is -0.810. The molecule has 0 saturated carbocycles. The average Bonchev–Trinajstić information content (AvgIpc) is 2.32. The molecule has 1 atom stereocenters. The van der Waals surface area contributed by atoms with Crippen molar-refractivity contribution < 1.29 is 17.6 Å². The number of hydrazone groups is 1. The van der Waals surface area contributed by atoms with Gasteiger partial charge in [0.15, 0.2) is 0 Å². The van der Waals surface area contributed by atoms with E-state index in [1.807, 2.05) is 6.21 Å². The van der Waals surface area contributed by atoms with Crippen LogP contribution in [0.25, 0.3) is 0 Å². The summed E-state index contributed by atoms with van der Waals surface area (Å²) >= 11 is 0. The van der Waals surface area contributed by atoms with Gasteiger partial charge in [-0.3, -0.25) is 4.39 Å². The Balaban J connectivity index is 2.50. The first-order valence-electron chi connectivity index (χ1n) is 2.77. The van der Waals surface area contributed by atoms with Gasteiger partial charge in [0.25, 0.3) is 0 Å². The number of rotatable bonds is 1. The van der Waals surface area contributed by atoms with Crippen molar-refractivity contribution in [3.8, 4) is 0 Å². The molecule has 0 aromatic carbocycles. The van der Waals surface area contributed by atoms with Crippen molar-refractivity contribution in [2.24, 2.45) is 11.0 Å². The predicted octanol–water partition coefficient (Wildman–Crippen LogP) is 1.43. The van der Waals surface area contributed by atoms with Gasteiger partial charge in [-0.15, -0.1) is 13.2 Å². The Kier molecular flexibility index (Phi) is 2.01. The first-order chi connectivity index (χ1) is 5.04. The van der Waals surface area contributed by atoms with Crippen LogP contribution in [0.2, 0.25) is 0 Å². The second-order valence-corrected chi connectivity index (χ2v) is 1.95. The second kappa shape index (κ2) is 2.67. The normalized spacial score (nSPS) is 24.7. The summed E-state index contributed by atoms with van der Waals surface area (Å²) in [5.74, 6) is -0.961. The highest BCUT2D eigenvalue weighted by Gasteiger charge is 2.40. The van der Waals surface area contributed by atoms with Crippen LogP contribution in [0.1, 0.15) is 0 Å². The zero-order valence-corrected chi connectivity index (χ0v) is 5.27. The third-order valence-corrected chi connectivity index (χ3v) is 1.08. The fourth-order valence-corrected chi connectivity index (χ4v) is 0.589. The van der Waals surface area contributed by atoms with Gasteiger partial charge < -0.3 is 0 Å². The van der Waals surface area contributed by atoms with Crippen LogP contribution in [0.4, 0.5) is 17.6 Å². The van der Waals surface area contributed by atoms with Gasteiger partial charge in [0.05, 0.1) is 18.7 Å². The molecule has 0 saturated heterocycles. The molecule has 0 bridgehead atoms. The van der Waals surface area contributed by atoms with Gasteiger partial charge in [-0.05, 0) is 0 Å². The minimum atomic E-state index is -4.56. The summed E-state index contributed by atoms with van der Waals surface area (Å²) in [5, 5.41) is 2.57. The number of hydrogen-bond donors (Lipinski definition) is 0. The molecule has 0 aliphatic carbocycles. The monoisotopic (exact) mass is 168 g/mol. The van der Waals surface area contributed by atoms with Crippen molar-refractivity contribution in [1.29, 1.82) is 0 Å². The van der Waals surface area contributed by atoms with E-state index in [0.29, 0.717) is 6.54 Å².